The number of aromatic nitrogens is 2. The summed E-state index contributed by atoms with van der Waals surface area (Å²) in [6.45, 7) is 3.71. The second-order valence-corrected chi connectivity index (χ2v) is 8.79. The Hall–Kier alpha value is -4.72. The molecule has 3 N–H and O–H groups in total. The molecule has 1 saturated heterocycles. The molecule has 0 saturated carbocycles. The second kappa shape index (κ2) is 9.14. The SMILES string of the molecule is CCc1ccc(-c2nn(-c3ccccc3)cc2C(=O)Nc2cccc(C3(C)NC(=O)NC3=O)c2)cc1. The van der Waals surface area contributed by atoms with Crippen molar-refractivity contribution in [1.82, 2.24) is 20.4 Å². The summed E-state index contributed by atoms with van der Waals surface area (Å²) in [5.74, 6) is -0.785. The number of nitrogens with one attached hydrogen (secondary N) is 3. The third-order valence-corrected chi connectivity index (χ3v) is 6.36. The van der Waals surface area contributed by atoms with Crippen LogP contribution >= 0.6 is 0 Å². The summed E-state index contributed by atoms with van der Waals surface area (Å²) in [7, 11) is 0. The first-order chi connectivity index (χ1) is 17.4. The molecule has 4 aromatic rings. The van der Waals surface area contributed by atoms with Crippen molar-refractivity contribution in [3.05, 3.63) is 102 Å². The molecular weight excluding hydrogens is 454 g/mol. The van der Waals surface area contributed by atoms with Crippen molar-refractivity contribution in [2.45, 2.75) is 25.8 Å². The van der Waals surface area contributed by atoms with Crippen LogP contribution in [0.4, 0.5) is 10.5 Å². The maximum Gasteiger partial charge on any atom is 0.322 e. The first-order valence-corrected chi connectivity index (χ1v) is 11.7. The van der Waals surface area contributed by atoms with Crippen LogP contribution in [0, 0.1) is 0 Å². The van der Waals surface area contributed by atoms with Gasteiger partial charge >= 0.3 is 6.03 Å². The highest BCUT2D eigenvalue weighted by atomic mass is 16.2. The number of carbonyl (C=O) groups is 3. The van der Waals surface area contributed by atoms with Gasteiger partial charge in [-0.3, -0.25) is 14.9 Å². The molecule has 1 fully saturated rings. The third-order valence-electron chi connectivity index (χ3n) is 6.36. The highest BCUT2D eigenvalue weighted by molar-refractivity contribution is 6.09. The predicted molar refractivity (Wildman–Crippen MR) is 137 cm³/mol. The van der Waals surface area contributed by atoms with Crippen LogP contribution < -0.4 is 16.0 Å². The Morgan fingerprint density at radius 2 is 1.75 bits per heavy atom. The van der Waals surface area contributed by atoms with Gasteiger partial charge in [-0.1, -0.05) is 61.5 Å². The molecule has 1 aliphatic rings. The quantitative estimate of drug-likeness (QED) is 0.356. The van der Waals surface area contributed by atoms with E-state index in [0.717, 1.165) is 17.7 Å². The summed E-state index contributed by atoms with van der Waals surface area (Å²) in [5.41, 5.74) is 3.66. The van der Waals surface area contributed by atoms with E-state index in [1.54, 1.807) is 42.1 Å². The van der Waals surface area contributed by atoms with Crippen LogP contribution in [0.1, 0.15) is 35.3 Å². The van der Waals surface area contributed by atoms with Crippen molar-refractivity contribution in [2.24, 2.45) is 0 Å². The first-order valence-electron chi connectivity index (χ1n) is 11.7. The zero-order valence-electron chi connectivity index (χ0n) is 19.9. The van der Waals surface area contributed by atoms with E-state index in [1.807, 2.05) is 54.6 Å². The van der Waals surface area contributed by atoms with E-state index in [9.17, 15) is 14.4 Å². The van der Waals surface area contributed by atoms with E-state index < -0.39 is 17.5 Å². The number of hydrogen-bond donors (Lipinski definition) is 3. The fourth-order valence-electron chi connectivity index (χ4n) is 4.22. The summed E-state index contributed by atoms with van der Waals surface area (Å²) in [6.07, 6.45) is 2.63. The molecule has 2 heterocycles. The van der Waals surface area contributed by atoms with Gasteiger partial charge < -0.3 is 10.6 Å². The van der Waals surface area contributed by atoms with E-state index in [4.69, 9.17) is 5.10 Å². The number of nitrogens with zero attached hydrogens (tertiary/aromatic N) is 2. The second-order valence-electron chi connectivity index (χ2n) is 8.79. The van der Waals surface area contributed by atoms with E-state index in [-0.39, 0.29) is 5.91 Å². The lowest BCUT2D eigenvalue weighted by molar-refractivity contribution is -0.123. The van der Waals surface area contributed by atoms with Crippen LogP contribution in [0.3, 0.4) is 0 Å². The highest BCUT2D eigenvalue weighted by Gasteiger charge is 2.43. The van der Waals surface area contributed by atoms with Crippen LogP contribution in [0.5, 0.6) is 0 Å². The lowest BCUT2D eigenvalue weighted by atomic mass is 9.92. The number of rotatable bonds is 6. The van der Waals surface area contributed by atoms with Gasteiger partial charge in [-0.2, -0.15) is 5.10 Å². The Bertz CT molecular complexity index is 1460. The van der Waals surface area contributed by atoms with E-state index >= 15 is 0 Å². The summed E-state index contributed by atoms with van der Waals surface area (Å²) in [6, 6.07) is 23.9. The largest absolute Gasteiger partial charge is 0.322 e. The number of anilines is 1. The minimum atomic E-state index is -1.22. The number of para-hydroxylation sites is 1. The van der Waals surface area contributed by atoms with Gasteiger partial charge in [-0.25, -0.2) is 9.48 Å². The van der Waals surface area contributed by atoms with Gasteiger partial charge in [0.2, 0.25) is 0 Å². The van der Waals surface area contributed by atoms with Crippen LogP contribution in [0.25, 0.3) is 16.9 Å². The number of urea groups is 1. The minimum Gasteiger partial charge on any atom is -0.322 e. The van der Waals surface area contributed by atoms with Crippen molar-refractivity contribution in [1.29, 1.82) is 0 Å². The van der Waals surface area contributed by atoms with Crippen LogP contribution in [-0.2, 0) is 16.8 Å². The van der Waals surface area contributed by atoms with Crippen LogP contribution in [-0.4, -0.2) is 27.6 Å². The Morgan fingerprint density at radius 1 is 1.00 bits per heavy atom. The van der Waals surface area contributed by atoms with Gasteiger partial charge in [-0.05, 0) is 48.7 Å². The maximum atomic E-state index is 13.5. The number of carbonyl (C=O) groups excluding carboxylic acids is 3. The number of imide groups is 1. The van der Waals surface area contributed by atoms with E-state index in [0.29, 0.717) is 22.5 Å². The van der Waals surface area contributed by atoms with E-state index in [2.05, 4.69) is 22.9 Å². The number of aryl methyl sites for hydroxylation is 1. The molecule has 4 amide bonds. The Kier molecular flexibility index (Phi) is 5.85. The smallest absolute Gasteiger partial charge is 0.322 e. The Morgan fingerprint density at radius 3 is 2.42 bits per heavy atom. The molecule has 0 radical (unpaired) electrons. The molecule has 180 valence electrons. The lowest BCUT2D eigenvalue weighted by Gasteiger charge is -2.21. The Labute approximate surface area is 208 Å². The summed E-state index contributed by atoms with van der Waals surface area (Å²) < 4.78 is 1.69. The molecular formula is C28H25N5O3. The molecule has 1 atom stereocenters. The monoisotopic (exact) mass is 479 g/mol. The van der Waals surface area contributed by atoms with Crippen LogP contribution in [0.15, 0.2) is 85.1 Å². The lowest BCUT2D eigenvalue weighted by Crippen LogP contribution is -2.40. The number of hydrogen-bond acceptors (Lipinski definition) is 4. The molecule has 3 aromatic carbocycles. The molecule has 8 nitrogen and oxygen atoms in total. The standard InChI is InChI=1S/C28H25N5O3/c1-3-18-12-14-19(15-13-18)24-23(17-33(32-24)22-10-5-4-6-11-22)25(34)29-21-9-7-8-20(16-21)28(2)26(35)30-27(36)31-28/h4-17H,3H2,1-2H3,(H,29,34)(H2,30,31,35,36). The van der Waals surface area contributed by atoms with Crippen molar-refractivity contribution in [3.8, 4) is 16.9 Å². The van der Waals surface area contributed by atoms with Crippen LogP contribution in [0.2, 0.25) is 0 Å². The fourth-order valence-corrected chi connectivity index (χ4v) is 4.22. The van der Waals surface area contributed by atoms with Gasteiger partial charge in [0, 0.05) is 17.4 Å². The Balaban J connectivity index is 1.50. The molecule has 0 aliphatic carbocycles. The van der Waals surface area contributed by atoms with Gasteiger partial charge in [0.05, 0.1) is 11.3 Å². The zero-order valence-corrected chi connectivity index (χ0v) is 19.9. The summed E-state index contributed by atoms with van der Waals surface area (Å²) >= 11 is 0. The molecule has 36 heavy (non-hydrogen) atoms. The van der Waals surface area contributed by atoms with Crippen molar-refractivity contribution < 1.29 is 14.4 Å². The highest BCUT2D eigenvalue weighted by Crippen LogP contribution is 2.28. The van der Waals surface area contributed by atoms with Crippen molar-refractivity contribution in [3.63, 3.8) is 0 Å². The van der Waals surface area contributed by atoms with Crippen molar-refractivity contribution in [2.75, 3.05) is 5.32 Å². The predicted octanol–water partition coefficient (Wildman–Crippen LogP) is 4.41. The third kappa shape index (κ3) is 4.24. The molecule has 1 aromatic heterocycles. The average Bonchev–Trinajstić information content (AvgIpc) is 3.46. The molecule has 5 rings (SSSR count). The maximum absolute atomic E-state index is 13.5. The number of benzene rings is 3. The summed E-state index contributed by atoms with van der Waals surface area (Å²) in [5, 5.41) is 12.6. The minimum absolute atomic E-state index is 0.339. The normalized spacial score (nSPS) is 16.9. The fraction of sp³-hybridized carbons (Fsp3) is 0.143. The van der Waals surface area contributed by atoms with Crippen molar-refractivity contribution >= 4 is 23.5 Å². The molecule has 1 unspecified atom stereocenters. The first kappa shape index (κ1) is 23.0. The van der Waals surface area contributed by atoms with Gasteiger partial charge in [-0.15, -0.1) is 0 Å². The molecule has 0 bridgehead atoms. The molecule has 8 heteroatoms. The topological polar surface area (TPSA) is 105 Å². The molecule has 0 spiro atoms. The summed E-state index contributed by atoms with van der Waals surface area (Å²) in [4.78, 5) is 37.5. The molecule has 1 aliphatic heterocycles. The van der Waals surface area contributed by atoms with E-state index in [1.165, 1.54) is 5.56 Å². The average molecular weight is 480 g/mol. The zero-order chi connectivity index (χ0) is 25.3. The van der Waals surface area contributed by atoms with Gasteiger partial charge in [0.1, 0.15) is 11.2 Å². The number of amides is 4. The van der Waals surface area contributed by atoms with Gasteiger partial charge in [0.15, 0.2) is 0 Å². The van der Waals surface area contributed by atoms with Gasteiger partial charge in [0.25, 0.3) is 11.8 Å².